The third-order valence-corrected chi connectivity index (χ3v) is 4.42. The maximum absolute atomic E-state index is 14.5. The Morgan fingerprint density at radius 1 is 1.07 bits per heavy atom. The Morgan fingerprint density at radius 3 is 2.17 bits per heavy atom. The molecule has 0 saturated heterocycles. The molecular weight excluding hydrogens is 497 g/mol. The standard InChI is InChI=1S/C18H9BrClF7O2/c19-10-3-9(4-11(20)6-10)13(17(22,23)24)7-15(21)8-1-2-12(16(28)29)14(5-8)18(25,26)27/h1-7,13H,(H,28,29)/b15-7-. The molecule has 0 radical (unpaired) electrons. The molecule has 0 saturated carbocycles. The smallest absolute Gasteiger partial charge is 0.417 e. The highest BCUT2D eigenvalue weighted by molar-refractivity contribution is 9.10. The van der Waals surface area contributed by atoms with Gasteiger partial charge in [-0.2, -0.15) is 26.3 Å². The topological polar surface area (TPSA) is 37.3 Å². The molecule has 2 nitrogen and oxygen atoms in total. The molecule has 0 aliphatic rings. The first-order valence-corrected chi connectivity index (χ1v) is 8.72. The van der Waals surface area contributed by atoms with Gasteiger partial charge in [-0.25, -0.2) is 9.18 Å². The zero-order valence-electron chi connectivity index (χ0n) is 13.9. The molecule has 0 spiro atoms. The highest BCUT2D eigenvalue weighted by Gasteiger charge is 2.40. The normalized spacial score (nSPS) is 14.0. The van der Waals surface area contributed by atoms with Gasteiger partial charge in [0.1, 0.15) is 11.7 Å². The number of carboxylic acids is 1. The Labute approximate surface area is 172 Å². The van der Waals surface area contributed by atoms with Crippen LogP contribution in [0.2, 0.25) is 5.02 Å². The lowest BCUT2D eigenvalue weighted by Gasteiger charge is -2.19. The van der Waals surface area contributed by atoms with Gasteiger partial charge in [-0.3, -0.25) is 0 Å². The quantitative estimate of drug-likeness (QED) is 0.438. The van der Waals surface area contributed by atoms with E-state index in [9.17, 15) is 35.5 Å². The Morgan fingerprint density at radius 2 is 1.69 bits per heavy atom. The molecule has 1 unspecified atom stereocenters. The number of carboxylic acid groups (broad SMARTS) is 1. The molecule has 0 aliphatic heterocycles. The van der Waals surface area contributed by atoms with Gasteiger partial charge in [0, 0.05) is 15.1 Å². The number of allylic oxidation sites excluding steroid dienone is 1. The highest BCUT2D eigenvalue weighted by atomic mass is 79.9. The lowest BCUT2D eigenvalue weighted by atomic mass is 9.95. The number of hydrogen-bond acceptors (Lipinski definition) is 1. The van der Waals surface area contributed by atoms with Gasteiger partial charge in [0.25, 0.3) is 0 Å². The molecule has 1 N–H and O–H groups in total. The van der Waals surface area contributed by atoms with E-state index in [4.69, 9.17) is 16.7 Å². The zero-order chi connectivity index (χ0) is 22.1. The van der Waals surface area contributed by atoms with Crippen molar-refractivity contribution in [3.05, 3.63) is 74.2 Å². The summed E-state index contributed by atoms with van der Waals surface area (Å²) in [4.78, 5) is 10.9. The van der Waals surface area contributed by atoms with Crippen molar-refractivity contribution in [3.8, 4) is 0 Å². The second-order valence-corrected chi connectivity index (χ2v) is 7.15. The van der Waals surface area contributed by atoms with Crippen LogP contribution >= 0.6 is 27.5 Å². The van der Waals surface area contributed by atoms with E-state index < -0.39 is 52.3 Å². The molecule has 0 amide bonds. The van der Waals surface area contributed by atoms with Gasteiger partial charge in [0.2, 0.25) is 0 Å². The predicted octanol–water partition coefficient (Wildman–Crippen LogP) is 7.48. The van der Waals surface area contributed by atoms with Crippen LogP contribution in [0, 0.1) is 0 Å². The van der Waals surface area contributed by atoms with Gasteiger partial charge in [-0.15, -0.1) is 0 Å². The summed E-state index contributed by atoms with van der Waals surface area (Å²) in [5.74, 6) is -6.03. The average molecular weight is 506 g/mol. The van der Waals surface area contributed by atoms with E-state index in [0.717, 1.165) is 12.1 Å². The summed E-state index contributed by atoms with van der Waals surface area (Å²) in [5.41, 5.74) is -4.12. The molecule has 11 heteroatoms. The van der Waals surface area contributed by atoms with Crippen LogP contribution in [0.15, 0.2) is 46.9 Å². The Bertz CT molecular complexity index is 947. The summed E-state index contributed by atoms with van der Waals surface area (Å²) in [6, 6.07) is 4.58. The number of hydrogen-bond donors (Lipinski definition) is 1. The fourth-order valence-corrected chi connectivity index (χ4v) is 3.38. The minimum atomic E-state index is -5.15. The van der Waals surface area contributed by atoms with Crippen LogP contribution in [0.25, 0.3) is 5.83 Å². The summed E-state index contributed by atoms with van der Waals surface area (Å²) in [7, 11) is 0. The van der Waals surface area contributed by atoms with E-state index in [2.05, 4.69) is 15.9 Å². The lowest BCUT2D eigenvalue weighted by Crippen LogP contribution is -2.19. The van der Waals surface area contributed by atoms with Crippen LogP contribution in [0.4, 0.5) is 30.7 Å². The monoisotopic (exact) mass is 504 g/mol. The van der Waals surface area contributed by atoms with Gasteiger partial charge in [0.15, 0.2) is 0 Å². The van der Waals surface area contributed by atoms with Crippen molar-refractivity contribution in [2.75, 3.05) is 0 Å². The minimum absolute atomic E-state index is 0.0670. The molecule has 2 aromatic carbocycles. The largest absolute Gasteiger partial charge is 0.478 e. The van der Waals surface area contributed by atoms with Gasteiger partial charge < -0.3 is 5.11 Å². The van der Waals surface area contributed by atoms with Crippen molar-refractivity contribution < 1.29 is 40.6 Å². The van der Waals surface area contributed by atoms with Crippen LogP contribution in [0.3, 0.4) is 0 Å². The molecule has 0 bridgehead atoms. The van der Waals surface area contributed by atoms with E-state index in [0.29, 0.717) is 12.1 Å². The number of halogens is 9. The fourth-order valence-electron chi connectivity index (χ4n) is 2.49. The average Bonchev–Trinajstić information content (AvgIpc) is 2.56. The van der Waals surface area contributed by atoms with Crippen molar-refractivity contribution in [2.24, 2.45) is 0 Å². The first kappa shape index (κ1) is 23.2. The maximum atomic E-state index is 14.5. The van der Waals surface area contributed by atoms with E-state index in [1.165, 1.54) is 6.07 Å². The molecule has 0 aromatic heterocycles. The van der Waals surface area contributed by atoms with Crippen LogP contribution in [0.1, 0.15) is 33.0 Å². The van der Waals surface area contributed by atoms with E-state index in [1.54, 1.807) is 0 Å². The number of rotatable bonds is 4. The summed E-state index contributed by atoms with van der Waals surface area (Å²) in [6.07, 6.45) is -10.0. The number of aromatic carboxylic acids is 1. The van der Waals surface area contributed by atoms with Crippen molar-refractivity contribution in [2.45, 2.75) is 18.3 Å². The number of benzene rings is 2. The molecular formula is C18H9BrClF7O2. The van der Waals surface area contributed by atoms with Crippen LogP contribution in [0.5, 0.6) is 0 Å². The van der Waals surface area contributed by atoms with Gasteiger partial charge in [0.05, 0.1) is 11.1 Å². The third kappa shape index (κ3) is 5.72. The SMILES string of the molecule is O=C(O)c1ccc(/C(F)=C/C(c2cc(Cl)cc(Br)c2)C(F)(F)F)cc1C(F)(F)F. The van der Waals surface area contributed by atoms with Crippen molar-refractivity contribution in [3.63, 3.8) is 0 Å². The van der Waals surface area contributed by atoms with Crippen molar-refractivity contribution in [1.82, 2.24) is 0 Å². The Kier molecular flexibility index (Phi) is 6.68. The Hall–Kier alpha value is -2.07. The second-order valence-electron chi connectivity index (χ2n) is 5.80. The Balaban J connectivity index is 2.60. The van der Waals surface area contributed by atoms with E-state index in [1.807, 2.05) is 0 Å². The van der Waals surface area contributed by atoms with E-state index in [-0.39, 0.29) is 21.6 Å². The van der Waals surface area contributed by atoms with Gasteiger partial charge in [-0.05, 0) is 42.0 Å². The number of alkyl halides is 6. The predicted molar refractivity (Wildman–Crippen MR) is 95.4 cm³/mol. The second kappa shape index (κ2) is 8.35. The van der Waals surface area contributed by atoms with Crippen LogP contribution in [-0.4, -0.2) is 17.3 Å². The molecule has 2 aromatic rings. The lowest BCUT2D eigenvalue weighted by molar-refractivity contribution is -0.140. The zero-order valence-corrected chi connectivity index (χ0v) is 16.2. The molecule has 2 rings (SSSR count). The number of carbonyl (C=O) groups is 1. The van der Waals surface area contributed by atoms with Gasteiger partial charge in [-0.1, -0.05) is 33.6 Å². The molecule has 29 heavy (non-hydrogen) atoms. The third-order valence-electron chi connectivity index (χ3n) is 3.74. The molecule has 156 valence electrons. The minimum Gasteiger partial charge on any atom is -0.478 e. The summed E-state index contributed by atoms with van der Waals surface area (Å²) < 4.78 is 94.2. The van der Waals surface area contributed by atoms with Crippen molar-refractivity contribution in [1.29, 1.82) is 0 Å². The summed E-state index contributed by atoms with van der Waals surface area (Å²) in [6.45, 7) is 0. The summed E-state index contributed by atoms with van der Waals surface area (Å²) >= 11 is 8.69. The molecule has 1 atom stereocenters. The van der Waals surface area contributed by atoms with Crippen LogP contribution < -0.4 is 0 Å². The highest BCUT2D eigenvalue weighted by Crippen LogP contribution is 2.41. The van der Waals surface area contributed by atoms with Crippen molar-refractivity contribution >= 4 is 39.3 Å². The molecule has 0 aliphatic carbocycles. The van der Waals surface area contributed by atoms with Gasteiger partial charge >= 0.3 is 18.3 Å². The first-order chi connectivity index (χ1) is 13.2. The molecule has 0 fully saturated rings. The maximum Gasteiger partial charge on any atom is 0.417 e. The molecule has 0 heterocycles. The first-order valence-electron chi connectivity index (χ1n) is 7.55. The summed E-state index contributed by atoms with van der Waals surface area (Å²) in [5, 5.41) is 8.77. The van der Waals surface area contributed by atoms with E-state index >= 15 is 0 Å². The van der Waals surface area contributed by atoms with Crippen LogP contribution in [-0.2, 0) is 6.18 Å². The fraction of sp³-hybridized carbons (Fsp3) is 0.167.